The molecule has 168 valence electrons. The van der Waals surface area contributed by atoms with E-state index in [2.05, 4.69) is 38.4 Å². The van der Waals surface area contributed by atoms with Crippen LogP contribution in [0.5, 0.6) is 11.5 Å². The van der Waals surface area contributed by atoms with Crippen LogP contribution in [0.3, 0.4) is 0 Å². The zero-order valence-corrected chi connectivity index (χ0v) is 19.0. The second kappa shape index (κ2) is 12.0. The average Bonchev–Trinajstić information content (AvgIpc) is 3.30. The van der Waals surface area contributed by atoms with Crippen LogP contribution in [0.4, 0.5) is 0 Å². The van der Waals surface area contributed by atoms with E-state index < -0.39 is 0 Å². The Morgan fingerprint density at radius 3 is 2.50 bits per heavy atom. The summed E-state index contributed by atoms with van der Waals surface area (Å²) in [6.07, 6.45) is 5.04. The quantitative estimate of drug-likeness (QED) is 0.475. The van der Waals surface area contributed by atoms with Crippen molar-refractivity contribution >= 4 is 5.96 Å². The van der Waals surface area contributed by atoms with Gasteiger partial charge in [-0.1, -0.05) is 19.1 Å². The summed E-state index contributed by atoms with van der Waals surface area (Å²) in [7, 11) is 3.52. The van der Waals surface area contributed by atoms with Gasteiger partial charge in [0.1, 0.15) is 0 Å². The van der Waals surface area contributed by atoms with Crippen LogP contribution in [0.25, 0.3) is 0 Å². The predicted molar refractivity (Wildman–Crippen MR) is 123 cm³/mol. The van der Waals surface area contributed by atoms with Gasteiger partial charge in [-0.25, -0.2) is 0 Å². The minimum Gasteiger partial charge on any atom is -0.493 e. The summed E-state index contributed by atoms with van der Waals surface area (Å²) >= 11 is 0. The van der Waals surface area contributed by atoms with Crippen LogP contribution < -0.4 is 20.1 Å². The Morgan fingerprint density at radius 1 is 1.10 bits per heavy atom. The Balaban J connectivity index is 1.48. The fourth-order valence-electron chi connectivity index (χ4n) is 4.23. The third-order valence-electron chi connectivity index (χ3n) is 6.17. The molecule has 7 nitrogen and oxygen atoms in total. The number of methoxy groups -OCH3 is 1. The molecule has 1 saturated heterocycles. The van der Waals surface area contributed by atoms with Gasteiger partial charge in [0, 0.05) is 58.4 Å². The number of aliphatic imine (C=N–C) groups is 1. The van der Waals surface area contributed by atoms with E-state index >= 15 is 0 Å². The van der Waals surface area contributed by atoms with E-state index in [1.54, 1.807) is 7.11 Å². The number of hydrogen-bond donors (Lipinski definition) is 2. The van der Waals surface area contributed by atoms with Gasteiger partial charge in [-0.2, -0.15) is 0 Å². The smallest absolute Gasteiger partial charge is 0.191 e. The van der Waals surface area contributed by atoms with Crippen LogP contribution in [-0.4, -0.2) is 81.8 Å². The third-order valence-corrected chi connectivity index (χ3v) is 6.17. The summed E-state index contributed by atoms with van der Waals surface area (Å²) in [6.45, 7) is 10.6. The largest absolute Gasteiger partial charge is 0.493 e. The molecular weight excluding hydrogens is 378 g/mol. The molecule has 0 spiro atoms. The number of para-hydroxylation sites is 1. The standard InChI is InChI=1S/C23H39N5O2/c1-4-27-14-16-28(17-15-27)13-12-25-23(24-2)26-18-19-8-7-11-21(29-3)22(19)30-20-9-5-6-10-20/h7-8,11,20H,4-6,9-10,12-18H2,1-3H3,(H2,24,25,26). The van der Waals surface area contributed by atoms with E-state index in [1.807, 2.05) is 19.2 Å². The van der Waals surface area contributed by atoms with Crippen LogP contribution in [0, 0.1) is 0 Å². The lowest BCUT2D eigenvalue weighted by Gasteiger charge is -2.34. The summed E-state index contributed by atoms with van der Waals surface area (Å²) in [6, 6.07) is 6.09. The number of likely N-dealkylation sites (N-methyl/N-ethyl adjacent to an activating group) is 1. The Labute approximate surface area is 181 Å². The van der Waals surface area contributed by atoms with Crippen LogP contribution in [-0.2, 0) is 6.54 Å². The van der Waals surface area contributed by atoms with Gasteiger partial charge in [0.2, 0.25) is 0 Å². The molecule has 1 aromatic rings. The highest BCUT2D eigenvalue weighted by Gasteiger charge is 2.20. The summed E-state index contributed by atoms with van der Waals surface area (Å²) in [5, 5.41) is 6.88. The van der Waals surface area contributed by atoms with E-state index in [-0.39, 0.29) is 0 Å². The van der Waals surface area contributed by atoms with Gasteiger partial charge in [0.15, 0.2) is 17.5 Å². The van der Waals surface area contributed by atoms with Gasteiger partial charge in [-0.3, -0.25) is 9.89 Å². The molecule has 3 rings (SSSR count). The first kappa shape index (κ1) is 22.7. The zero-order chi connectivity index (χ0) is 21.2. The molecule has 0 radical (unpaired) electrons. The van der Waals surface area contributed by atoms with E-state index in [1.165, 1.54) is 25.9 Å². The molecule has 2 N–H and O–H groups in total. The molecule has 2 fully saturated rings. The van der Waals surface area contributed by atoms with Crippen LogP contribution in [0.15, 0.2) is 23.2 Å². The average molecular weight is 418 g/mol. The number of nitrogens with zero attached hydrogens (tertiary/aromatic N) is 3. The van der Waals surface area contributed by atoms with Crippen LogP contribution in [0.1, 0.15) is 38.2 Å². The van der Waals surface area contributed by atoms with E-state index in [0.29, 0.717) is 12.6 Å². The molecular formula is C23H39N5O2. The van der Waals surface area contributed by atoms with Crippen molar-refractivity contribution in [3.05, 3.63) is 23.8 Å². The second-order valence-corrected chi connectivity index (χ2v) is 8.10. The van der Waals surface area contributed by atoms with Crippen LogP contribution >= 0.6 is 0 Å². The molecule has 2 aliphatic rings. The molecule has 1 aliphatic heterocycles. The molecule has 0 atom stereocenters. The number of benzene rings is 1. The van der Waals surface area contributed by atoms with Crippen molar-refractivity contribution in [2.75, 3.05) is 60.0 Å². The number of hydrogen-bond acceptors (Lipinski definition) is 5. The summed E-state index contributed by atoms with van der Waals surface area (Å²) < 4.78 is 11.9. The van der Waals surface area contributed by atoms with E-state index in [9.17, 15) is 0 Å². The third kappa shape index (κ3) is 6.51. The van der Waals surface area contributed by atoms with E-state index in [0.717, 1.165) is 68.6 Å². The lowest BCUT2D eigenvalue weighted by atomic mass is 10.1. The summed E-state index contributed by atoms with van der Waals surface area (Å²) in [4.78, 5) is 9.40. The highest BCUT2D eigenvalue weighted by molar-refractivity contribution is 5.79. The Hall–Kier alpha value is -1.99. The molecule has 0 unspecified atom stereocenters. The van der Waals surface area contributed by atoms with Gasteiger partial charge in [-0.15, -0.1) is 0 Å². The van der Waals surface area contributed by atoms with Gasteiger partial charge in [0.25, 0.3) is 0 Å². The molecule has 1 saturated carbocycles. The van der Waals surface area contributed by atoms with Gasteiger partial charge < -0.3 is 25.0 Å². The second-order valence-electron chi connectivity index (χ2n) is 8.10. The van der Waals surface area contributed by atoms with Gasteiger partial charge in [0.05, 0.1) is 13.2 Å². The molecule has 1 aliphatic carbocycles. The van der Waals surface area contributed by atoms with Gasteiger partial charge in [-0.05, 0) is 38.3 Å². The maximum atomic E-state index is 6.34. The first-order valence-corrected chi connectivity index (χ1v) is 11.4. The summed E-state index contributed by atoms with van der Waals surface area (Å²) in [5.41, 5.74) is 1.10. The fourth-order valence-corrected chi connectivity index (χ4v) is 4.23. The van der Waals surface area contributed by atoms with Crippen molar-refractivity contribution in [3.8, 4) is 11.5 Å². The lowest BCUT2D eigenvalue weighted by molar-refractivity contribution is 0.139. The number of piperazine rings is 1. The fraction of sp³-hybridized carbons (Fsp3) is 0.696. The minimum atomic E-state index is 0.297. The molecule has 1 aromatic carbocycles. The van der Waals surface area contributed by atoms with Crippen molar-refractivity contribution in [2.45, 2.75) is 45.3 Å². The Bertz CT molecular complexity index is 668. The van der Waals surface area contributed by atoms with E-state index in [4.69, 9.17) is 9.47 Å². The molecule has 7 heteroatoms. The van der Waals surface area contributed by atoms with Crippen molar-refractivity contribution in [3.63, 3.8) is 0 Å². The normalized spacial score (nSPS) is 19.1. The van der Waals surface area contributed by atoms with Crippen molar-refractivity contribution in [2.24, 2.45) is 4.99 Å². The zero-order valence-electron chi connectivity index (χ0n) is 19.0. The molecule has 1 heterocycles. The lowest BCUT2D eigenvalue weighted by Crippen LogP contribution is -2.49. The molecule has 0 amide bonds. The highest BCUT2D eigenvalue weighted by Crippen LogP contribution is 2.34. The first-order valence-electron chi connectivity index (χ1n) is 11.4. The minimum absolute atomic E-state index is 0.297. The SMILES string of the molecule is CCN1CCN(CCNC(=NC)NCc2cccc(OC)c2OC2CCCC2)CC1. The van der Waals surface area contributed by atoms with Gasteiger partial charge >= 0.3 is 0 Å². The molecule has 0 bridgehead atoms. The maximum absolute atomic E-state index is 6.34. The number of ether oxygens (including phenoxy) is 2. The first-order chi connectivity index (χ1) is 14.7. The predicted octanol–water partition coefficient (Wildman–Crippen LogP) is 2.32. The number of guanidine groups is 1. The topological polar surface area (TPSA) is 61.4 Å². The number of rotatable bonds is 9. The van der Waals surface area contributed by atoms with Crippen molar-refractivity contribution < 1.29 is 9.47 Å². The Kier molecular flexibility index (Phi) is 9.08. The van der Waals surface area contributed by atoms with Crippen molar-refractivity contribution in [1.29, 1.82) is 0 Å². The Morgan fingerprint density at radius 2 is 1.83 bits per heavy atom. The summed E-state index contributed by atoms with van der Waals surface area (Å²) in [5.74, 6) is 2.48. The van der Waals surface area contributed by atoms with Crippen LogP contribution in [0.2, 0.25) is 0 Å². The number of nitrogens with one attached hydrogen (secondary N) is 2. The highest BCUT2D eigenvalue weighted by atomic mass is 16.5. The maximum Gasteiger partial charge on any atom is 0.191 e. The van der Waals surface area contributed by atoms with Crippen molar-refractivity contribution in [1.82, 2.24) is 20.4 Å². The monoisotopic (exact) mass is 417 g/mol. The molecule has 0 aromatic heterocycles. The molecule has 30 heavy (non-hydrogen) atoms.